The summed E-state index contributed by atoms with van der Waals surface area (Å²) in [7, 11) is 0. The van der Waals surface area contributed by atoms with Crippen molar-refractivity contribution in [2.24, 2.45) is 5.92 Å². The first-order chi connectivity index (χ1) is 8.63. The van der Waals surface area contributed by atoms with Gasteiger partial charge in [-0.2, -0.15) is 0 Å². The second-order valence-electron chi connectivity index (χ2n) is 5.44. The van der Waals surface area contributed by atoms with Gasteiger partial charge in [0.25, 0.3) is 0 Å². The van der Waals surface area contributed by atoms with E-state index in [-0.39, 0.29) is 5.82 Å². The van der Waals surface area contributed by atoms with Crippen molar-refractivity contribution in [3.05, 3.63) is 35.6 Å². The van der Waals surface area contributed by atoms with Gasteiger partial charge < -0.3 is 5.32 Å². The molecule has 1 N–H and O–H groups in total. The smallest absolute Gasteiger partial charge is 0.127 e. The van der Waals surface area contributed by atoms with E-state index in [0.29, 0.717) is 18.5 Å². The van der Waals surface area contributed by atoms with E-state index in [1.807, 2.05) is 12.1 Å². The van der Waals surface area contributed by atoms with Gasteiger partial charge in [0.1, 0.15) is 5.82 Å². The summed E-state index contributed by atoms with van der Waals surface area (Å²) in [6, 6.07) is 7.52. The first kappa shape index (κ1) is 15.2. The van der Waals surface area contributed by atoms with Crippen LogP contribution in [0.15, 0.2) is 24.3 Å². The molecule has 0 heterocycles. The van der Waals surface area contributed by atoms with Gasteiger partial charge in [-0.1, -0.05) is 51.8 Å². The van der Waals surface area contributed by atoms with Crippen LogP contribution in [0.2, 0.25) is 0 Å². The number of rotatable bonds is 8. The maximum atomic E-state index is 13.5. The summed E-state index contributed by atoms with van der Waals surface area (Å²) in [5.41, 5.74) is 0.766. The van der Waals surface area contributed by atoms with Crippen LogP contribution in [0.3, 0.4) is 0 Å². The van der Waals surface area contributed by atoms with E-state index in [1.165, 1.54) is 25.3 Å². The minimum Gasteiger partial charge on any atom is -0.310 e. The fourth-order valence-electron chi connectivity index (χ4n) is 2.22. The zero-order valence-corrected chi connectivity index (χ0v) is 11.9. The first-order valence-corrected chi connectivity index (χ1v) is 7.10. The van der Waals surface area contributed by atoms with Crippen molar-refractivity contribution < 1.29 is 4.39 Å². The van der Waals surface area contributed by atoms with Gasteiger partial charge in [-0.05, 0) is 24.8 Å². The SMILES string of the molecule is CCCCC(CC(C)C)NCc1ccccc1F. The zero-order valence-electron chi connectivity index (χ0n) is 11.9. The van der Waals surface area contributed by atoms with E-state index in [4.69, 9.17) is 0 Å². The van der Waals surface area contributed by atoms with Gasteiger partial charge in [0, 0.05) is 18.2 Å². The largest absolute Gasteiger partial charge is 0.310 e. The third kappa shape index (κ3) is 5.63. The average Bonchev–Trinajstić information content (AvgIpc) is 2.34. The summed E-state index contributed by atoms with van der Waals surface area (Å²) in [5.74, 6) is 0.573. The van der Waals surface area contributed by atoms with Gasteiger partial charge in [-0.25, -0.2) is 4.39 Å². The molecule has 0 radical (unpaired) electrons. The minimum atomic E-state index is -0.108. The van der Waals surface area contributed by atoms with Crippen molar-refractivity contribution in [3.8, 4) is 0 Å². The summed E-state index contributed by atoms with van der Waals surface area (Å²) in [6.07, 6.45) is 4.80. The van der Waals surface area contributed by atoms with Crippen LogP contribution in [-0.4, -0.2) is 6.04 Å². The molecule has 0 fully saturated rings. The Kier molecular flexibility index (Phi) is 6.96. The maximum Gasteiger partial charge on any atom is 0.127 e. The molecular weight excluding hydrogens is 225 g/mol. The van der Waals surface area contributed by atoms with E-state index in [2.05, 4.69) is 26.1 Å². The van der Waals surface area contributed by atoms with Gasteiger partial charge in [-0.15, -0.1) is 0 Å². The molecule has 0 aromatic heterocycles. The van der Waals surface area contributed by atoms with Gasteiger partial charge in [0.05, 0.1) is 0 Å². The van der Waals surface area contributed by atoms with Gasteiger partial charge >= 0.3 is 0 Å². The van der Waals surface area contributed by atoms with E-state index in [0.717, 1.165) is 12.0 Å². The number of nitrogens with one attached hydrogen (secondary N) is 1. The van der Waals surface area contributed by atoms with Gasteiger partial charge in [0.15, 0.2) is 0 Å². The number of hydrogen-bond donors (Lipinski definition) is 1. The highest BCUT2D eigenvalue weighted by molar-refractivity contribution is 5.17. The molecule has 18 heavy (non-hydrogen) atoms. The van der Waals surface area contributed by atoms with E-state index in [1.54, 1.807) is 6.07 Å². The van der Waals surface area contributed by atoms with Crippen molar-refractivity contribution in [3.63, 3.8) is 0 Å². The number of unbranched alkanes of at least 4 members (excludes halogenated alkanes) is 1. The molecule has 0 aliphatic heterocycles. The highest BCUT2D eigenvalue weighted by Gasteiger charge is 2.10. The number of halogens is 1. The predicted molar refractivity (Wildman–Crippen MR) is 76.0 cm³/mol. The monoisotopic (exact) mass is 251 g/mol. The van der Waals surface area contributed by atoms with Crippen LogP contribution < -0.4 is 5.32 Å². The molecule has 1 nitrogen and oxygen atoms in total. The third-order valence-electron chi connectivity index (χ3n) is 3.20. The molecule has 1 aromatic carbocycles. The van der Waals surface area contributed by atoms with Crippen molar-refractivity contribution >= 4 is 0 Å². The molecular formula is C16H26FN. The van der Waals surface area contributed by atoms with Crippen molar-refractivity contribution in [2.75, 3.05) is 0 Å². The Morgan fingerprint density at radius 1 is 1.22 bits per heavy atom. The van der Waals surface area contributed by atoms with Crippen LogP contribution in [0, 0.1) is 11.7 Å². The van der Waals surface area contributed by atoms with E-state index in [9.17, 15) is 4.39 Å². The van der Waals surface area contributed by atoms with Gasteiger partial charge in [0.2, 0.25) is 0 Å². The van der Waals surface area contributed by atoms with Crippen LogP contribution in [-0.2, 0) is 6.54 Å². The number of hydrogen-bond acceptors (Lipinski definition) is 1. The normalized spacial score (nSPS) is 12.9. The molecule has 1 rings (SSSR count). The summed E-state index contributed by atoms with van der Waals surface area (Å²) < 4.78 is 13.5. The summed E-state index contributed by atoms with van der Waals surface area (Å²) in [4.78, 5) is 0. The molecule has 0 spiro atoms. The minimum absolute atomic E-state index is 0.108. The molecule has 1 aromatic rings. The molecule has 1 unspecified atom stereocenters. The van der Waals surface area contributed by atoms with Crippen molar-refractivity contribution in [2.45, 2.75) is 59.0 Å². The molecule has 0 aliphatic carbocycles. The summed E-state index contributed by atoms with van der Waals surface area (Å²) in [6.45, 7) is 7.32. The zero-order chi connectivity index (χ0) is 13.4. The van der Waals surface area contributed by atoms with Crippen LogP contribution >= 0.6 is 0 Å². The lowest BCUT2D eigenvalue weighted by atomic mass is 9.99. The Balaban J connectivity index is 2.47. The number of benzene rings is 1. The summed E-state index contributed by atoms with van der Waals surface area (Å²) in [5, 5.41) is 3.50. The Bertz CT molecular complexity index is 336. The van der Waals surface area contributed by atoms with Gasteiger partial charge in [-0.3, -0.25) is 0 Å². The Hall–Kier alpha value is -0.890. The summed E-state index contributed by atoms with van der Waals surface area (Å²) >= 11 is 0. The molecule has 102 valence electrons. The molecule has 2 heteroatoms. The van der Waals surface area contributed by atoms with Crippen LogP contribution in [0.25, 0.3) is 0 Å². The second-order valence-corrected chi connectivity index (χ2v) is 5.44. The molecule has 0 bridgehead atoms. The average molecular weight is 251 g/mol. The van der Waals surface area contributed by atoms with E-state index >= 15 is 0 Å². The molecule has 1 atom stereocenters. The predicted octanol–water partition coefficient (Wildman–Crippen LogP) is 4.52. The molecule has 0 saturated carbocycles. The maximum absolute atomic E-state index is 13.5. The van der Waals surface area contributed by atoms with Crippen LogP contribution in [0.5, 0.6) is 0 Å². The van der Waals surface area contributed by atoms with E-state index < -0.39 is 0 Å². The topological polar surface area (TPSA) is 12.0 Å². The lowest BCUT2D eigenvalue weighted by Crippen LogP contribution is -2.30. The third-order valence-corrected chi connectivity index (χ3v) is 3.20. The Labute approximate surface area is 111 Å². The highest BCUT2D eigenvalue weighted by atomic mass is 19.1. The highest BCUT2D eigenvalue weighted by Crippen LogP contribution is 2.13. The molecule has 0 aliphatic rings. The first-order valence-electron chi connectivity index (χ1n) is 7.10. The second kappa shape index (κ2) is 8.25. The van der Waals surface area contributed by atoms with Crippen molar-refractivity contribution in [1.82, 2.24) is 5.32 Å². The van der Waals surface area contributed by atoms with Crippen molar-refractivity contribution in [1.29, 1.82) is 0 Å². The Morgan fingerprint density at radius 3 is 2.56 bits per heavy atom. The van der Waals surface area contributed by atoms with Crippen LogP contribution in [0.1, 0.15) is 52.0 Å². The quantitative estimate of drug-likeness (QED) is 0.716. The fraction of sp³-hybridized carbons (Fsp3) is 0.625. The molecule has 0 saturated heterocycles. The fourth-order valence-corrected chi connectivity index (χ4v) is 2.22. The standard InChI is InChI=1S/C16H26FN/c1-4-5-9-15(11-13(2)3)18-12-14-8-6-7-10-16(14)17/h6-8,10,13,15,18H,4-5,9,11-12H2,1-3H3. The molecule has 0 amide bonds. The lowest BCUT2D eigenvalue weighted by Gasteiger charge is -2.20. The van der Waals surface area contributed by atoms with Crippen LogP contribution in [0.4, 0.5) is 4.39 Å². The Morgan fingerprint density at radius 2 is 1.94 bits per heavy atom. The lowest BCUT2D eigenvalue weighted by molar-refractivity contribution is 0.385.